The van der Waals surface area contributed by atoms with Crippen molar-refractivity contribution in [1.29, 1.82) is 0 Å². The predicted octanol–water partition coefficient (Wildman–Crippen LogP) is 4.49. The van der Waals surface area contributed by atoms with Gasteiger partial charge in [0, 0.05) is 11.6 Å². The van der Waals surface area contributed by atoms with Crippen molar-refractivity contribution in [3.63, 3.8) is 0 Å². The molecule has 0 N–H and O–H groups in total. The van der Waals surface area contributed by atoms with Crippen molar-refractivity contribution in [3.8, 4) is 22.8 Å². The first-order chi connectivity index (χ1) is 16.8. The molecule has 0 saturated carbocycles. The van der Waals surface area contributed by atoms with Gasteiger partial charge in [0.1, 0.15) is 22.7 Å². The number of fused-ring (bicyclic) bond motifs is 2. The monoisotopic (exact) mass is 497 g/mol. The van der Waals surface area contributed by atoms with E-state index in [1.807, 2.05) is 12.1 Å². The van der Waals surface area contributed by atoms with Crippen molar-refractivity contribution >= 4 is 22.4 Å². The fraction of sp³-hybridized carbons (Fsp3) is 0.125. The molecule has 7 nitrogen and oxygen atoms in total. The molecule has 0 spiro atoms. The summed E-state index contributed by atoms with van der Waals surface area (Å²) in [5.41, 5.74) is -0.876. The molecule has 4 heterocycles. The first kappa shape index (κ1) is 21.4. The molecule has 2 aromatic carbocycles. The summed E-state index contributed by atoms with van der Waals surface area (Å²) in [5, 5.41) is 4.30. The van der Waals surface area contributed by atoms with Crippen molar-refractivity contribution in [2.75, 3.05) is 6.61 Å². The van der Waals surface area contributed by atoms with Crippen molar-refractivity contribution in [2.24, 2.45) is 0 Å². The number of alkyl halides is 3. The number of ether oxygens (including phenoxy) is 2. The molecule has 1 atom stereocenters. The topological polar surface area (TPSA) is 78.9 Å². The lowest BCUT2D eigenvalue weighted by Crippen LogP contribution is -2.26. The quantitative estimate of drug-likeness (QED) is 0.366. The van der Waals surface area contributed by atoms with Gasteiger partial charge in [-0.1, -0.05) is 35.6 Å². The van der Waals surface area contributed by atoms with Gasteiger partial charge in [0.25, 0.3) is 5.56 Å². The van der Waals surface area contributed by atoms with Gasteiger partial charge in [-0.15, -0.1) is 5.10 Å². The third-order valence-corrected chi connectivity index (χ3v) is 6.33. The Morgan fingerprint density at radius 3 is 2.69 bits per heavy atom. The molecule has 3 aromatic heterocycles. The van der Waals surface area contributed by atoms with Crippen molar-refractivity contribution < 1.29 is 27.1 Å². The minimum absolute atomic E-state index is 0.215. The molecule has 0 radical (unpaired) electrons. The maximum Gasteiger partial charge on any atom is 0.416 e. The smallest absolute Gasteiger partial charge is 0.416 e. The van der Waals surface area contributed by atoms with Gasteiger partial charge in [-0.3, -0.25) is 4.79 Å². The highest BCUT2D eigenvalue weighted by atomic mass is 32.1. The number of aromatic nitrogens is 3. The van der Waals surface area contributed by atoms with Gasteiger partial charge in [-0.2, -0.15) is 22.7 Å². The number of furan rings is 1. The highest BCUT2D eigenvalue weighted by Crippen LogP contribution is 2.35. The second kappa shape index (κ2) is 7.98. The van der Waals surface area contributed by atoms with Crippen LogP contribution >= 0.6 is 11.3 Å². The van der Waals surface area contributed by atoms with E-state index in [-0.39, 0.29) is 17.9 Å². The first-order valence-corrected chi connectivity index (χ1v) is 11.2. The number of halogens is 3. The van der Waals surface area contributed by atoms with E-state index in [0.717, 1.165) is 23.5 Å². The summed E-state index contributed by atoms with van der Waals surface area (Å²) in [6.07, 6.45) is -3.49. The zero-order chi connectivity index (χ0) is 24.2. The average Bonchev–Trinajstić information content (AvgIpc) is 3.56. The zero-order valence-corrected chi connectivity index (χ0v) is 18.5. The van der Waals surface area contributed by atoms with Crippen LogP contribution in [0.15, 0.2) is 69.9 Å². The molecule has 11 heteroatoms. The SMILES string of the molecule is O=c1/c(=C/c2ccc(-c3cccc(C(F)(F)F)c3)o2)sc2nc([C@@H]3COc4ccccc4O3)nn12. The fourth-order valence-electron chi connectivity index (χ4n) is 3.70. The molecule has 35 heavy (non-hydrogen) atoms. The van der Waals surface area contributed by atoms with Crippen LogP contribution in [0.25, 0.3) is 22.4 Å². The minimum Gasteiger partial charge on any atom is -0.485 e. The zero-order valence-electron chi connectivity index (χ0n) is 17.7. The first-order valence-electron chi connectivity index (χ1n) is 10.4. The summed E-state index contributed by atoms with van der Waals surface area (Å²) in [6.45, 7) is 0.215. The Hall–Kier alpha value is -4.12. The van der Waals surface area contributed by atoms with E-state index in [2.05, 4.69) is 10.1 Å². The van der Waals surface area contributed by atoms with Gasteiger partial charge in [0.15, 0.2) is 23.4 Å². The third-order valence-electron chi connectivity index (χ3n) is 5.37. The highest BCUT2D eigenvalue weighted by Gasteiger charge is 2.31. The molecule has 5 aromatic rings. The Bertz CT molecular complexity index is 1670. The number of benzene rings is 2. The summed E-state index contributed by atoms with van der Waals surface area (Å²) in [7, 11) is 0. The van der Waals surface area contributed by atoms with Crippen LogP contribution in [0.5, 0.6) is 11.5 Å². The summed E-state index contributed by atoms with van der Waals surface area (Å²) < 4.78 is 57.8. The van der Waals surface area contributed by atoms with Crippen LogP contribution in [0.3, 0.4) is 0 Å². The summed E-state index contributed by atoms with van der Waals surface area (Å²) >= 11 is 1.12. The molecule has 176 valence electrons. The summed E-state index contributed by atoms with van der Waals surface area (Å²) in [4.78, 5) is 17.7. The molecule has 0 fully saturated rings. The number of thiazole rings is 1. The second-order valence-corrected chi connectivity index (χ2v) is 8.73. The molecule has 0 unspecified atom stereocenters. The van der Waals surface area contributed by atoms with Crippen LogP contribution in [0.4, 0.5) is 13.2 Å². The normalized spacial score (nSPS) is 16.2. The Morgan fingerprint density at radius 2 is 1.89 bits per heavy atom. The summed E-state index contributed by atoms with van der Waals surface area (Å²) in [6, 6.07) is 15.2. The van der Waals surface area contributed by atoms with Gasteiger partial charge in [-0.05, 0) is 36.4 Å². The number of nitrogens with zero attached hydrogens (tertiary/aromatic N) is 3. The van der Waals surface area contributed by atoms with E-state index in [1.165, 1.54) is 22.7 Å². The van der Waals surface area contributed by atoms with E-state index in [1.54, 1.807) is 24.3 Å². The third kappa shape index (κ3) is 3.93. The lowest BCUT2D eigenvalue weighted by molar-refractivity contribution is -0.137. The Balaban J connectivity index is 1.28. The molecule has 0 aliphatic carbocycles. The van der Waals surface area contributed by atoms with E-state index in [4.69, 9.17) is 13.9 Å². The van der Waals surface area contributed by atoms with Gasteiger partial charge in [-0.25, -0.2) is 0 Å². The molecular weight excluding hydrogens is 483 g/mol. The van der Waals surface area contributed by atoms with Crippen LogP contribution in [-0.4, -0.2) is 21.2 Å². The fourth-order valence-corrected chi connectivity index (χ4v) is 4.59. The van der Waals surface area contributed by atoms with Crippen molar-refractivity contribution in [3.05, 3.63) is 92.7 Å². The molecule has 0 saturated heterocycles. The van der Waals surface area contributed by atoms with Crippen LogP contribution < -0.4 is 19.6 Å². The maximum absolute atomic E-state index is 13.0. The molecule has 1 aliphatic heterocycles. The standard InChI is InChI=1S/C24H14F3N3O4S/c25-24(26,27)14-5-3-4-13(10-14)16-9-8-15(33-16)11-20-22(31)30-23(35-20)28-21(29-30)19-12-32-17-6-1-2-7-18(17)34-19/h1-11,19H,12H2/b20-11-/t19-/m0/s1. The Morgan fingerprint density at radius 1 is 1.06 bits per heavy atom. The second-order valence-electron chi connectivity index (χ2n) is 7.72. The van der Waals surface area contributed by atoms with Crippen molar-refractivity contribution in [1.82, 2.24) is 14.6 Å². The number of para-hydroxylation sites is 2. The summed E-state index contributed by atoms with van der Waals surface area (Å²) in [5.74, 6) is 2.12. The number of hydrogen-bond donors (Lipinski definition) is 0. The van der Waals surface area contributed by atoms with Crippen molar-refractivity contribution in [2.45, 2.75) is 12.3 Å². The van der Waals surface area contributed by atoms with Crippen LogP contribution in [0.2, 0.25) is 0 Å². The average molecular weight is 497 g/mol. The van der Waals surface area contributed by atoms with E-state index >= 15 is 0 Å². The van der Waals surface area contributed by atoms with Gasteiger partial charge >= 0.3 is 6.18 Å². The molecule has 0 amide bonds. The van der Waals surface area contributed by atoms with Crippen LogP contribution in [0.1, 0.15) is 23.3 Å². The molecule has 1 aliphatic rings. The van der Waals surface area contributed by atoms with E-state index in [0.29, 0.717) is 32.6 Å². The largest absolute Gasteiger partial charge is 0.485 e. The molecule has 0 bridgehead atoms. The van der Waals surface area contributed by atoms with Gasteiger partial charge < -0.3 is 13.9 Å². The van der Waals surface area contributed by atoms with Crippen LogP contribution in [-0.2, 0) is 6.18 Å². The lowest BCUT2D eigenvalue weighted by atomic mass is 10.1. The predicted molar refractivity (Wildman–Crippen MR) is 120 cm³/mol. The lowest BCUT2D eigenvalue weighted by Gasteiger charge is -2.24. The Kier molecular flexibility index (Phi) is 4.88. The molecule has 6 rings (SSSR count). The van der Waals surface area contributed by atoms with E-state index < -0.39 is 23.4 Å². The Labute approximate surface area is 198 Å². The minimum atomic E-state index is -4.45. The number of hydrogen-bond acceptors (Lipinski definition) is 7. The van der Waals surface area contributed by atoms with Gasteiger partial charge in [0.2, 0.25) is 4.96 Å². The van der Waals surface area contributed by atoms with Gasteiger partial charge in [0.05, 0.1) is 5.56 Å². The highest BCUT2D eigenvalue weighted by molar-refractivity contribution is 7.15. The van der Waals surface area contributed by atoms with Crippen LogP contribution in [0, 0.1) is 0 Å². The van der Waals surface area contributed by atoms with E-state index in [9.17, 15) is 18.0 Å². The maximum atomic E-state index is 13.0. The molecular formula is C24H14F3N3O4S. The number of rotatable bonds is 3.